The predicted molar refractivity (Wildman–Crippen MR) is 103 cm³/mol. The van der Waals surface area contributed by atoms with Gasteiger partial charge < -0.3 is 15.0 Å². The van der Waals surface area contributed by atoms with Crippen LogP contribution < -0.4 is 5.32 Å². The van der Waals surface area contributed by atoms with E-state index in [1.807, 2.05) is 18.2 Å². The molecule has 7 heteroatoms. The molecule has 0 amide bonds. The van der Waals surface area contributed by atoms with Crippen LogP contribution in [0.15, 0.2) is 60.6 Å². The van der Waals surface area contributed by atoms with E-state index < -0.39 is 5.97 Å². The van der Waals surface area contributed by atoms with Crippen molar-refractivity contribution in [2.45, 2.75) is 19.5 Å². The monoisotopic (exact) mass is 359 g/mol. The van der Waals surface area contributed by atoms with E-state index in [1.165, 1.54) is 17.2 Å². The van der Waals surface area contributed by atoms with E-state index in [4.69, 9.17) is 0 Å². The molecule has 0 saturated carbocycles. The van der Waals surface area contributed by atoms with Crippen molar-refractivity contribution in [1.29, 1.82) is 0 Å². The van der Waals surface area contributed by atoms with Crippen molar-refractivity contribution < 1.29 is 9.90 Å². The number of nitrogens with one attached hydrogen (secondary N) is 1. The first-order valence-corrected chi connectivity index (χ1v) is 8.80. The highest BCUT2D eigenvalue weighted by atomic mass is 16.4. The lowest BCUT2D eigenvalue weighted by Gasteiger charge is -2.22. The van der Waals surface area contributed by atoms with Crippen LogP contribution in [0.4, 0.5) is 5.95 Å². The summed E-state index contributed by atoms with van der Waals surface area (Å²) < 4.78 is 3.99. The van der Waals surface area contributed by atoms with Gasteiger partial charge in [-0.2, -0.15) is 10.1 Å². The van der Waals surface area contributed by atoms with Crippen molar-refractivity contribution in [2.75, 3.05) is 5.32 Å². The Morgan fingerprint density at radius 2 is 2.00 bits per heavy atom. The number of benzene rings is 2. The van der Waals surface area contributed by atoms with Crippen LogP contribution in [0.2, 0.25) is 0 Å². The van der Waals surface area contributed by atoms with Gasteiger partial charge in [0.25, 0.3) is 0 Å². The molecule has 0 spiro atoms. The molecule has 0 saturated heterocycles. The van der Waals surface area contributed by atoms with Crippen LogP contribution in [0.1, 0.15) is 18.5 Å². The zero-order chi connectivity index (χ0) is 18.5. The molecule has 0 radical (unpaired) electrons. The Hall–Kier alpha value is -3.61. The first kappa shape index (κ1) is 15.6. The minimum absolute atomic E-state index is 0.108. The third-order valence-electron chi connectivity index (χ3n) is 5.09. The first-order chi connectivity index (χ1) is 13.2. The van der Waals surface area contributed by atoms with Gasteiger partial charge in [0.15, 0.2) is 0 Å². The van der Waals surface area contributed by atoms with E-state index in [-0.39, 0.29) is 11.7 Å². The summed E-state index contributed by atoms with van der Waals surface area (Å²) in [5, 5.41) is 18.8. The molecule has 0 bridgehead atoms. The summed E-state index contributed by atoms with van der Waals surface area (Å²) >= 11 is 0. The first-order valence-electron chi connectivity index (χ1n) is 8.80. The molecule has 27 heavy (non-hydrogen) atoms. The standard InChI is InChI=1S/C20H17N5O2/c1-2-24-16-6-4-3-5-13(16)14-9-12(7-8-17(14)24)18-10-15(19(26)27)23-20-21-11-22-25(18)20/h3-11,18H,2H2,1H3,(H,26,27)(H,21,22,23). The van der Waals surface area contributed by atoms with Crippen molar-refractivity contribution in [2.24, 2.45) is 0 Å². The van der Waals surface area contributed by atoms with Crippen molar-refractivity contribution >= 4 is 33.7 Å². The van der Waals surface area contributed by atoms with Crippen LogP contribution in [-0.2, 0) is 11.3 Å². The van der Waals surface area contributed by atoms with E-state index >= 15 is 0 Å². The largest absolute Gasteiger partial charge is 0.477 e. The Balaban J connectivity index is 1.75. The number of para-hydroxylation sites is 1. The average Bonchev–Trinajstić information content (AvgIpc) is 3.29. The zero-order valence-electron chi connectivity index (χ0n) is 14.6. The van der Waals surface area contributed by atoms with Gasteiger partial charge in [-0.15, -0.1) is 0 Å². The fraction of sp³-hybridized carbons (Fsp3) is 0.150. The number of carbonyl (C=O) groups is 1. The number of anilines is 1. The fourth-order valence-corrected chi connectivity index (χ4v) is 3.89. The molecule has 2 N–H and O–H groups in total. The minimum atomic E-state index is -1.02. The SMILES string of the molecule is CCn1c2ccccc2c2cc(C3C=C(C(=O)O)Nc4ncnn43)ccc21. The number of carboxylic acid groups (broad SMARTS) is 1. The molecule has 1 aliphatic heterocycles. The molecule has 2 aromatic carbocycles. The fourth-order valence-electron chi connectivity index (χ4n) is 3.89. The summed E-state index contributed by atoms with van der Waals surface area (Å²) in [4.78, 5) is 15.6. The molecule has 2 aromatic heterocycles. The number of carboxylic acids is 1. The number of nitrogens with zero attached hydrogens (tertiary/aromatic N) is 4. The van der Waals surface area contributed by atoms with Crippen molar-refractivity contribution in [3.63, 3.8) is 0 Å². The van der Waals surface area contributed by atoms with Gasteiger partial charge >= 0.3 is 5.97 Å². The van der Waals surface area contributed by atoms with E-state index in [1.54, 1.807) is 10.8 Å². The van der Waals surface area contributed by atoms with E-state index in [2.05, 4.69) is 51.2 Å². The number of allylic oxidation sites excluding steroid dienone is 1. The van der Waals surface area contributed by atoms with E-state index in [9.17, 15) is 9.90 Å². The zero-order valence-corrected chi connectivity index (χ0v) is 14.6. The highest BCUT2D eigenvalue weighted by Crippen LogP contribution is 2.34. The smallest absolute Gasteiger partial charge is 0.352 e. The second kappa shape index (κ2) is 5.70. The molecule has 4 aromatic rings. The van der Waals surface area contributed by atoms with Crippen LogP contribution in [0.25, 0.3) is 21.8 Å². The number of rotatable bonds is 3. The summed E-state index contributed by atoms with van der Waals surface area (Å²) in [6.07, 6.45) is 3.10. The highest BCUT2D eigenvalue weighted by Gasteiger charge is 2.26. The average molecular weight is 359 g/mol. The number of hydrogen-bond acceptors (Lipinski definition) is 4. The molecular weight excluding hydrogens is 342 g/mol. The Bertz CT molecular complexity index is 1230. The Morgan fingerprint density at radius 1 is 1.19 bits per heavy atom. The lowest BCUT2D eigenvalue weighted by molar-refractivity contribution is -0.132. The lowest BCUT2D eigenvalue weighted by atomic mass is 10.0. The van der Waals surface area contributed by atoms with Crippen LogP contribution >= 0.6 is 0 Å². The quantitative estimate of drug-likeness (QED) is 0.586. The Labute approximate surface area is 154 Å². The van der Waals surface area contributed by atoms with Gasteiger partial charge in [-0.05, 0) is 36.8 Å². The molecular formula is C20H17N5O2. The second-order valence-electron chi connectivity index (χ2n) is 6.52. The number of hydrogen-bond donors (Lipinski definition) is 2. The van der Waals surface area contributed by atoms with Crippen LogP contribution in [-0.4, -0.2) is 30.4 Å². The summed E-state index contributed by atoms with van der Waals surface area (Å²) in [6, 6.07) is 14.3. The Kier molecular flexibility index (Phi) is 3.30. The van der Waals surface area contributed by atoms with Crippen LogP contribution in [0.5, 0.6) is 0 Å². The molecule has 5 rings (SSSR count). The molecule has 7 nitrogen and oxygen atoms in total. The third-order valence-corrected chi connectivity index (χ3v) is 5.09. The second-order valence-corrected chi connectivity index (χ2v) is 6.52. The molecule has 1 unspecified atom stereocenters. The van der Waals surface area contributed by atoms with Gasteiger partial charge in [-0.25, -0.2) is 9.48 Å². The maximum Gasteiger partial charge on any atom is 0.352 e. The summed E-state index contributed by atoms with van der Waals surface area (Å²) in [6.45, 7) is 3.02. The Morgan fingerprint density at radius 3 is 2.81 bits per heavy atom. The van der Waals surface area contributed by atoms with Crippen LogP contribution in [0.3, 0.4) is 0 Å². The van der Waals surface area contributed by atoms with Crippen molar-refractivity contribution in [1.82, 2.24) is 19.3 Å². The van der Waals surface area contributed by atoms with E-state index in [0.717, 1.165) is 23.0 Å². The maximum atomic E-state index is 11.5. The summed E-state index contributed by atoms with van der Waals surface area (Å²) in [7, 11) is 0. The highest BCUT2D eigenvalue weighted by molar-refractivity contribution is 6.08. The predicted octanol–water partition coefficient (Wildman–Crippen LogP) is 3.39. The van der Waals surface area contributed by atoms with Gasteiger partial charge in [0.1, 0.15) is 18.1 Å². The van der Waals surface area contributed by atoms with Crippen molar-refractivity contribution in [3.05, 3.63) is 66.1 Å². The molecule has 0 fully saturated rings. The number of aryl methyl sites for hydroxylation is 1. The molecule has 3 heterocycles. The van der Waals surface area contributed by atoms with Gasteiger partial charge in [0, 0.05) is 28.4 Å². The molecule has 134 valence electrons. The molecule has 0 aliphatic carbocycles. The molecule has 1 aliphatic rings. The third kappa shape index (κ3) is 2.25. The van der Waals surface area contributed by atoms with Crippen LogP contribution in [0, 0.1) is 0 Å². The summed E-state index contributed by atoms with van der Waals surface area (Å²) in [5.41, 5.74) is 3.43. The molecule has 1 atom stereocenters. The summed E-state index contributed by atoms with van der Waals surface area (Å²) in [5.74, 6) is -0.589. The number of aromatic nitrogens is 4. The normalized spacial score (nSPS) is 16.2. The van der Waals surface area contributed by atoms with Crippen molar-refractivity contribution in [3.8, 4) is 0 Å². The lowest BCUT2D eigenvalue weighted by Crippen LogP contribution is -2.24. The minimum Gasteiger partial charge on any atom is -0.477 e. The van der Waals surface area contributed by atoms with Gasteiger partial charge in [-0.1, -0.05) is 24.3 Å². The maximum absolute atomic E-state index is 11.5. The van der Waals surface area contributed by atoms with Gasteiger partial charge in [0.05, 0.1) is 0 Å². The van der Waals surface area contributed by atoms with E-state index in [0.29, 0.717) is 5.95 Å². The number of fused-ring (bicyclic) bond motifs is 4. The topological polar surface area (TPSA) is 85.0 Å². The number of aliphatic carboxylic acids is 1. The van der Waals surface area contributed by atoms with Gasteiger partial charge in [0.2, 0.25) is 5.95 Å². The van der Waals surface area contributed by atoms with Gasteiger partial charge in [-0.3, -0.25) is 0 Å².